The zero-order chi connectivity index (χ0) is 15.4. The topological polar surface area (TPSA) is 38.3 Å². The predicted molar refractivity (Wildman–Crippen MR) is 86.1 cm³/mol. The van der Waals surface area contributed by atoms with E-state index >= 15 is 0 Å². The number of nitrogens with one attached hydrogen (secondary N) is 1. The van der Waals surface area contributed by atoms with E-state index in [2.05, 4.69) is 5.32 Å². The number of hydrogen-bond acceptors (Lipinski definition) is 2. The van der Waals surface area contributed by atoms with Crippen molar-refractivity contribution >= 4 is 23.2 Å². The normalized spacial score (nSPS) is 11.8. The van der Waals surface area contributed by atoms with E-state index in [4.69, 9.17) is 16.3 Å². The molecule has 0 aromatic heterocycles. The number of carbonyl (C=O) groups is 1. The van der Waals surface area contributed by atoms with Crippen molar-refractivity contribution in [2.24, 2.45) is 0 Å². The molecule has 0 heterocycles. The fourth-order valence-electron chi connectivity index (χ4n) is 1.90. The van der Waals surface area contributed by atoms with Crippen molar-refractivity contribution in [2.45, 2.75) is 26.9 Å². The first kappa shape index (κ1) is 15.4. The second kappa shape index (κ2) is 6.64. The summed E-state index contributed by atoms with van der Waals surface area (Å²) in [6.45, 7) is 5.58. The van der Waals surface area contributed by atoms with Crippen LogP contribution in [0.4, 0.5) is 5.69 Å². The molecule has 1 atom stereocenters. The van der Waals surface area contributed by atoms with Gasteiger partial charge in [-0.15, -0.1) is 0 Å². The number of rotatable bonds is 4. The molecule has 2 aromatic carbocycles. The molecule has 0 fully saturated rings. The Morgan fingerprint density at radius 1 is 1.14 bits per heavy atom. The minimum Gasteiger partial charge on any atom is -0.481 e. The van der Waals surface area contributed by atoms with Crippen LogP contribution in [-0.2, 0) is 4.79 Å². The summed E-state index contributed by atoms with van der Waals surface area (Å²) in [5.74, 6) is 0.506. The highest BCUT2D eigenvalue weighted by molar-refractivity contribution is 6.31. The van der Waals surface area contributed by atoms with Crippen molar-refractivity contribution < 1.29 is 9.53 Å². The van der Waals surface area contributed by atoms with E-state index < -0.39 is 6.10 Å². The van der Waals surface area contributed by atoms with E-state index in [-0.39, 0.29) is 5.91 Å². The highest BCUT2D eigenvalue weighted by Gasteiger charge is 2.16. The van der Waals surface area contributed by atoms with Crippen LogP contribution in [0.3, 0.4) is 0 Å². The van der Waals surface area contributed by atoms with Crippen LogP contribution in [0, 0.1) is 13.8 Å². The molecule has 0 spiro atoms. The number of ether oxygens (including phenoxy) is 1. The molecule has 4 heteroatoms. The number of amides is 1. The Kier molecular flexibility index (Phi) is 4.86. The van der Waals surface area contributed by atoms with Crippen LogP contribution in [0.25, 0.3) is 0 Å². The van der Waals surface area contributed by atoms with Gasteiger partial charge in [0, 0.05) is 10.7 Å². The van der Waals surface area contributed by atoms with Crippen LogP contribution in [-0.4, -0.2) is 12.0 Å². The first-order chi connectivity index (χ1) is 9.97. The second-order valence-electron chi connectivity index (χ2n) is 4.97. The lowest BCUT2D eigenvalue weighted by Gasteiger charge is -2.17. The van der Waals surface area contributed by atoms with Gasteiger partial charge in [-0.05, 0) is 50.1 Å². The van der Waals surface area contributed by atoms with Gasteiger partial charge in [0.15, 0.2) is 6.10 Å². The first-order valence-electron chi connectivity index (χ1n) is 6.76. The maximum atomic E-state index is 12.2. The smallest absolute Gasteiger partial charge is 0.265 e. The Labute approximate surface area is 129 Å². The number of carbonyl (C=O) groups excluding carboxylic acids is 1. The van der Waals surface area contributed by atoms with Gasteiger partial charge in [-0.25, -0.2) is 0 Å². The summed E-state index contributed by atoms with van der Waals surface area (Å²) >= 11 is 5.95. The number of halogens is 1. The lowest BCUT2D eigenvalue weighted by Crippen LogP contribution is -2.30. The van der Waals surface area contributed by atoms with E-state index in [1.165, 1.54) is 0 Å². The van der Waals surface area contributed by atoms with Gasteiger partial charge >= 0.3 is 0 Å². The van der Waals surface area contributed by atoms with E-state index in [0.717, 1.165) is 11.1 Å². The summed E-state index contributed by atoms with van der Waals surface area (Å²) in [6.07, 6.45) is -0.593. The highest BCUT2D eigenvalue weighted by Crippen LogP contribution is 2.21. The monoisotopic (exact) mass is 303 g/mol. The van der Waals surface area contributed by atoms with Crippen molar-refractivity contribution in [3.63, 3.8) is 0 Å². The second-order valence-corrected chi connectivity index (χ2v) is 5.41. The minimum absolute atomic E-state index is 0.205. The fraction of sp³-hybridized carbons (Fsp3) is 0.235. The van der Waals surface area contributed by atoms with Crippen molar-refractivity contribution in [3.8, 4) is 5.75 Å². The van der Waals surface area contributed by atoms with E-state index in [9.17, 15) is 4.79 Å². The van der Waals surface area contributed by atoms with Gasteiger partial charge < -0.3 is 10.1 Å². The quantitative estimate of drug-likeness (QED) is 0.911. The average Bonchev–Trinajstić information content (AvgIpc) is 2.45. The zero-order valence-corrected chi connectivity index (χ0v) is 13.1. The van der Waals surface area contributed by atoms with E-state index in [1.54, 1.807) is 19.1 Å². The molecule has 0 unspecified atom stereocenters. The van der Waals surface area contributed by atoms with Crippen LogP contribution in [0.1, 0.15) is 18.1 Å². The van der Waals surface area contributed by atoms with Crippen LogP contribution >= 0.6 is 11.6 Å². The molecule has 1 N–H and O–H groups in total. The maximum Gasteiger partial charge on any atom is 0.265 e. The van der Waals surface area contributed by atoms with Gasteiger partial charge in [-0.3, -0.25) is 4.79 Å². The Hall–Kier alpha value is -2.00. The molecule has 0 aliphatic carbocycles. The fourth-order valence-corrected chi connectivity index (χ4v) is 2.07. The number of hydrogen-bond donors (Lipinski definition) is 1. The SMILES string of the molecule is Cc1ccc(Cl)cc1NC(=O)[C@@H](C)Oc1ccccc1C. The standard InChI is InChI=1S/C17H18ClNO2/c1-11-8-9-14(18)10-15(11)19-17(20)13(3)21-16-7-5-4-6-12(16)2/h4-10,13H,1-3H3,(H,19,20)/t13-/m1/s1. The molecule has 0 aliphatic heterocycles. The lowest BCUT2D eigenvalue weighted by molar-refractivity contribution is -0.122. The van der Waals surface area contributed by atoms with Crippen molar-refractivity contribution in [1.29, 1.82) is 0 Å². The molecule has 2 aromatic rings. The van der Waals surface area contributed by atoms with Gasteiger partial charge in [0.05, 0.1) is 0 Å². The average molecular weight is 304 g/mol. The zero-order valence-electron chi connectivity index (χ0n) is 12.3. The molecule has 0 saturated heterocycles. The van der Waals surface area contributed by atoms with E-state index in [0.29, 0.717) is 16.5 Å². The molecule has 110 valence electrons. The Morgan fingerprint density at radius 3 is 2.57 bits per heavy atom. The Morgan fingerprint density at radius 2 is 1.86 bits per heavy atom. The van der Waals surface area contributed by atoms with Gasteiger partial charge in [0.1, 0.15) is 5.75 Å². The van der Waals surface area contributed by atoms with Crippen molar-refractivity contribution in [2.75, 3.05) is 5.32 Å². The predicted octanol–water partition coefficient (Wildman–Crippen LogP) is 4.36. The summed E-state index contributed by atoms with van der Waals surface area (Å²) in [5, 5.41) is 3.43. The summed E-state index contributed by atoms with van der Waals surface area (Å²) in [7, 11) is 0. The number of benzene rings is 2. The number of aryl methyl sites for hydroxylation is 2. The van der Waals surface area contributed by atoms with Gasteiger partial charge in [0.2, 0.25) is 0 Å². The largest absolute Gasteiger partial charge is 0.481 e. The van der Waals surface area contributed by atoms with Crippen LogP contribution in [0.2, 0.25) is 5.02 Å². The Bertz CT molecular complexity index is 655. The molecule has 3 nitrogen and oxygen atoms in total. The summed E-state index contributed by atoms with van der Waals surface area (Å²) in [6, 6.07) is 13.0. The van der Waals surface area contributed by atoms with Gasteiger partial charge in [0.25, 0.3) is 5.91 Å². The maximum absolute atomic E-state index is 12.2. The first-order valence-corrected chi connectivity index (χ1v) is 7.14. The Balaban J connectivity index is 2.06. The van der Waals surface area contributed by atoms with Crippen LogP contribution in [0.15, 0.2) is 42.5 Å². The third-order valence-corrected chi connectivity index (χ3v) is 3.46. The van der Waals surface area contributed by atoms with Gasteiger partial charge in [-0.2, -0.15) is 0 Å². The molecule has 2 rings (SSSR count). The molecule has 0 bridgehead atoms. The van der Waals surface area contributed by atoms with Crippen molar-refractivity contribution in [1.82, 2.24) is 0 Å². The summed E-state index contributed by atoms with van der Waals surface area (Å²) < 4.78 is 5.70. The molecule has 1 amide bonds. The van der Waals surface area contributed by atoms with Crippen LogP contribution in [0.5, 0.6) is 5.75 Å². The summed E-state index contributed by atoms with van der Waals surface area (Å²) in [4.78, 5) is 12.2. The van der Waals surface area contributed by atoms with Gasteiger partial charge in [-0.1, -0.05) is 35.9 Å². The van der Waals surface area contributed by atoms with Crippen molar-refractivity contribution in [3.05, 3.63) is 58.6 Å². The molecular weight excluding hydrogens is 286 g/mol. The van der Waals surface area contributed by atoms with E-state index in [1.807, 2.05) is 44.2 Å². The molecule has 0 radical (unpaired) electrons. The van der Waals surface area contributed by atoms with Crippen LogP contribution < -0.4 is 10.1 Å². The third-order valence-electron chi connectivity index (χ3n) is 3.22. The minimum atomic E-state index is -0.593. The third kappa shape index (κ3) is 3.99. The molecule has 0 saturated carbocycles. The highest BCUT2D eigenvalue weighted by atomic mass is 35.5. The molecule has 0 aliphatic rings. The number of anilines is 1. The molecular formula is C17H18ClNO2. The number of para-hydroxylation sites is 1. The molecule has 21 heavy (non-hydrogen) atoms. The lowest BCUT2D eigenvalue weighted by atomic mass is 10.2. The summed E-state index contributed by atoms with van der Waals surface area (Å²) in [5.41, 5.74) is 2.65.